The Labute approximate surface area is 121 Å². The summed E-state index contributed by atoms with van der Waals surface area (Å²) in [4.78, 5) is 0. The Bertz CT molecular complexity index is 687. The van der Waals surface area contributed by atoms with E-state index in [0.717, 1.165) is 0 Å². The molecule has 20 heavy (non-hydrogen) atoms. The fraction of sp³-hybridized carbons (Fsp3) is 0.200. The van der Waals surface area contributed by atoms with E-state index in [0.29, 0.717) is 0 Å². The van der Waals surface area contributed by atoms with Crippen LogP contribution in [0.1, 0.15) is 25.3 Å². The van der Waals surface area contributed by atoms with Crippen LogP contribution in [0.25, 0.3) is 21.9 Å². The molecule has 0 atom stereocenters. The molecular formula is C20H20. The number of rotatable bonds is 4. The van der Waals surface area contributed by atoms with E-state index in [1.807, 2.05) is 0 Å². The second-order valence-electron chi connectivity index (χ2n) is 5.33. The summed E-state index contributed by atoms with van der Waals surface area (Å²) in [5.74, 6) is 0. The van der Waals surface area contributed by atoms with Gasteiger partial charge in [0.2, 0.25) is 0 Å². The quantitative estimate of drug-likeness (QED) is 0.552. The van der Waals surface area contributed by atoms with E-state index in [1.165, 1.54) is 46.7 Å². The van der Waals surface area contributed by atoms with Gasteiger partial charge in [0, 0.05) is 0 Å². The van der Waals surface area contributed by atoms with Gasteiger partial charge in [0.1, 0.15) is 0 Å². The summed E-state index contributed by atoms with van der Waals surface area (Å²) in [6.45, 7) is 2.24. The highest BCUT2D eigenvalue weighted by Gasteiger charge is 2.03. The summed E-state index contributed by atoms with van der Waals surface area (Å²) in [5.41, 5.74) is 4.07. The van der Waals surface area contributed by atoms with Crippen molar-refractivity contribution in [1.29, 1.82) is 0 Å². The maximum absolute atomic E-state index is 2.27. The second-order valence-corrected chi connectivity index (χ2v) is 5.33. The molecular weight excluding hydrogens is 240 g/mol. The molecule has 0 N–H and O–H groups in total. The minimum Gasteiger partial charge on any atom is -0.0654 e. The second kappa shape index (κ2) is 5.92. The van der Waals surface area contributed by atoms with Gasteiger partial charge in [-0.25, -0.2) is 0 Å². The van der Waals surface area contributed by atoms with Gasteiger partial charge in [0.25, 0.3) is 0 Å². The molecule has 3 aromatic carbocycles. The van der Waals surface area contributed by atoms with Crippen molar-refractivity contribution in [1.82, 2.24) is 0 Å². The van der Waals surface area contributed by atoms with Crippen LogP contribution in [0, 0.1) is 0 Å². The van der Waals surface area contributed by atoms with Crippen molar-refractivity contribution < 1.29 is 0 Å². The fourth-order valence-corrected chi connectivity index (χ4v) is 2.71. The van der Waals surface area contributed by atoms with Crippen molar-refractivity contribution in [2.75, 3.05) is 0 Å². The van der Waals surface area contributed by atoms with E-state index < -0.39 is 0 Å². The summed E-state index contributed by atoms with van der Waals surface area (Å²) in [5, 5.41) is 2.64. The topological polar surface area (TPSA) is 0 Å². The van der Waals surface area contributed by atoms with Gasteiger partial charge < -0.3 is 0 Å². The normalized spacial score (nSPS) is 10.8. The van der Waals surface area contributed by atoms with Crippen molar-refractivity contribution >= 4 is 10.8 Å². The Balaban J connectivity index is 1.98. The summed E-state index contributed by atoms with van der Waals surface area (Å²) in [6, 6.07) is 24.2. The molecule has 3 rings (SSSR count). The molecule has 0 aliphatic carbocycles. The number of fused-ring (bicyclic) bond motifs is 1. The Morgan fingerprint density at radius 2 is 1.50 bits per heavy atom. The minimum atomic E-state index is 1.19. The number of unbranched alkanes of at least 4 members (excludes halogenated alkanes) is 1. The van der Waals surface area contributed by atoms with Crippen LogP contribution < -0.4 is 0 Å². The molecule has 0 saturated carbocycles. The van der Waals surface area contributed by atoms with Gasteiger partial charge >= 0.3 is 0 Å². The Morgan fingerprint density at radius 1 is 0.750 bits per heavy atom. The van der Waals surface area contributed by atoms with E-state index in [1.54, 1.807) is 0 Å². The van der Waals surface area contributed by atoms with Crippen LogP contribution in [0.4, 0.5) is 0 Å². The highest BCUT2D eigenvalue weighted by molar-refractivity contribution is 5.96. The van der Waals surface area contributed by atoms with Gasteiger partial charge in [0.15, 0.2) is 0 Å². The molecule has 0 nitrogen and oxygen atoms in total. The first-order valence-corrected chi connectivity index (χ1v) is 7.45. The SMILES string of the molecule is CCCCc1ccc(-c2cccc3ccccc23)cc1. The monoisotopic (exact) mass is 260 g/mol. The van der Waals surface area contributed by atoms with Crippen LogP contribution in [-0.2, 0) is 6.42 Å². The molecule has 0 spiro atoms. The van der Waals surface area contributed by atoms with Crippen LogP contribution in [0.5, 0.6) is 0 Å². The maximum atomic E-state index is 2.27. The van der Waals surface area contributed by atoms with Crippen molar-refractivity contribution in [3.05, 3.63) is 72.3 Å². The standard InChI is InChI=1S/C20H20/c1-2-3-7-16-12-14-18(15-13-16)20-11-6-9-17-8-4-5-10-19(17)20/h4-6,8-15H,2-3,7H2,1H3. The lowest BCUT2D eigenvalue weighted by Gasteiger charge is -2.08. The third-order valence-corrected chi connectivity index (χ3v) is 3.87. The lowest BCUT2D eigenvalue weighted by atomic mass is 9.97. The van der Waals surface area contributed by atoms with E-state index in [4.69, 9.17) is 0 Å². The van der Waals surface area contributed by atoms with Gasteiger partial charge in [-0.05, 0) is 40.3 Å². The summed E-state index contributed by atoms with van der Waals surface area (Å²) in [6.07, 6.45) is 3.71. The van der Waals surface area contributed by atoms with Gasteiger partial charge in [-0.1, -0.05) is 80.1 Å². The van der Waals surface area contributed by atoms with Crippen molar-refractivity contribution in [2.24, 2.45) is 0 Å². The van der Waals surface area contributed by atoms with Crippen LogP contribution in [0.15, 0.2) is 66.7 Å². The van der Waals surface area contributed by atoms with E-state index >= 15 is 0 Å². The highest BCUT2D eigenvalue weighted by atomic mass is 14.1. The molecule has 100 valence electrons. The average molecular weight is 260 g/mol. The van der Waals surface area contributed by atoms with Crippen LogP contribution in [0.3, 0.4) is 0 Å². The number of hydrogen-bond acceptors (Lipinski definition) is 0. The summed E-state index contributed by atoms with van der Waals surface area (Å²) in [7, 11) is 0. The molecule has 0 unspecified atom stereocenters. The molecule has 0 heteroatoms. The van der Waals surface area contributed by atoms with Crippen molar-refractivity contribution in [3.8, 4) is 11.1 Å². The predicted molar refractivity (Wildman–Crippen MR) is 88.0 cm³/mol. The van der Waals surface area contributed by atoms with E-state index in [-0.39, 0.29) is 0 Å². The van der Waals surface area contributed by atoms with E-state index in [9.17, 15) is 0 Å². The zero-order valence-electron chi connectivity index (χ0n) is 12.0. The first-order chi connectivity index (χ1) is 9.88. The molecule has 0 aromatic heterocycles. The number of aryl methyl sites for hydroxylation is 1. The first-order valence-electron chi connectivity index (χ1n) is 7.45. The zero-order valence-corrected chi connectivity index (χ0v) is 12.0. The Kier molecular flexibility index (Phi) is 3.83. The first kappa shape index (κ1) is 12.9. The van der Waals surface area contributed by atoms with Gasteiger partial charge in [-0.2, -0.15) is 0 Å². The smallest absolute Gasteiger partial charge is 0.0105 e. The van der Waals surface area contributed by atoms with Gasteiger partial charge in [0.05, 0.1) is 0 Å². The number of hydrogen-bond donors (Lipinski definition) is 0. The Hall–Kier alpha value is -2.08. The van der Waals surface area contributed by atoms with Crippen LogP contribution in [-0.4, -0.2) is 0 Å². The molecule has 0 radical (unpaired) electrons. The predicted octanol–water partition coefficient (Wildman–Crippen LogP) is 5.85. The largest absolute Gasteiger partial charge is 0.0654 e. The lowest BCUT2D eigenvalue weighted by Crippen LogP contribution is -1.86. The minimum absolute atomic E-state index is 1.19. The molecule has 3 aromatic rings. The van der Waals surface area contributed by atoms with Crippen molar-refractivity contribution in [3.63, 3.8) is 0 Å². The number of benzene rings is 3. The third-order valence-electron chi connectivity index (χ3n) is 3.87. The van der Waals surface area contributed by atoms with E-state index in [2.05, 4.69) is 73.7 Å². The molecule has 0 fully saturated rings. The maximum Gasteiger partial charge on any atom is -0.0105 e. The Morgan fingerprint density at radius 3 is 2.30 bits per heavy atom. The van der Waals surface area contributed by atoms with Crippen molar-refractivity contribution in [2.45, 2.75) is 26.2 Å². The summed E-state index contributed by atoms with van der Waals surface area (Å²) >= 11 is 0. The molecule has 0 heterocycles. The average Bonchev–Trinajstić information content (AvgIpc) is 2.53. The lowest BCUT2D eigenvalue weighted by molar-refractivity contribution is 0.795. The fourth-order valence-electron chi connectivity index (χ4n) is 2.71. The summed E-state index contributed by atoms with van der Waals surface area (Å²) < 4.78 is 0. The highest BCUT2D eigenvalue weighted by Crippen LogP contribution is 2.28. The molecule has 0 bridgehead atoms. The molecule has 0 aliphatic heterocycles. The van der Waals surface area contributed by atoms with Crippen LogP contribution in [0.2, 0.25) is 0 Å². The molecule has 0 saturated heterocycles. The zero-order chi connectivity index (χ0) is 13.8. The third kappa shape index (κ3) is 2.60. The molecule has 0 amide bonds. The molecule has 0 aliphatic rings. The van der Waals surface area contributed by atoms with Gasteiger partial charge in [-0.15, -0.1) is 0 Å². The van der Waals surface area contributed by atoms with Crippen LogP contribution >= 0.6 is 0 Å². The van der Waals surface area contributed by atoms with Gasteiger partial charge in [-0.3, -0.25) is 0 Å².